The summed E-state index contributed by atoms with van der Waals surface area (Å²) in [5.41, 5.74) is 1.43. The van der Waals surface area contributed by atoms with Gasteiger partial charge in [0.25, 0.3) is 0 Å². The van der Waals surface area contributed by atoms with Gasteiger partial charge < -0.3 is 10.2 Å². The highest BCUT2D eigenvalue weighted by atomic mass is 32.1. The maximum absolute atomic E-state index is 11.3. The molecule has 2 heterocycles. The van der Waals surface area contributed by atoms with Crippen LogP contribution < -0.4 is 5.32 Å². The van der Waals surface area contributed by atoms with Gasteiger partial charge >= 0.3 is 0 Å². The van der Waals surface area contributed by atoms with Crippen molar-refractivity contribution in [3.05, 3.63) is 21.4 Å². The van der Waals surface area contributed by atoms with E-state index in [1.165, 1.54) is 15.3 Å². The van der Waals surface area contributed by atoms with E-state index in [-0.39, 0.29) is 5.91 Å². The van der Waals surface area contributed by atoms with Gasteiger partial charge in [0.05, 0.1) is 0 Å². The van der Waals surface area contributed by atoms with Gasteiger partial charge in [-0.05, 0) is 45.2 Å². The first kappa shape index (κ1) is 14.5. The van der Waals surface area contributed by atoms with Crippen molar-refractivity contribution in [2.24, 2.45) is 0 Å². The largest absolute Gasteiger partial charge is 0.343 e. The molecule has 19 heavy (non-hydrogen) atoms. The molecule has 1 saturated heterocycles. The van der Waals surface area contributed by atoms with Crippen LogP contribution in [0, 0.1) is 13.8 Å². The molecule has 106 valence electrons. The Balaban J connectivity index is 1.89. The second-order valence-corrected chi connectivity index (χ2v) is 7.00. The lowest BCUT2D eigenvalue weighted by atomic mass is 10.0. The third-order valence-electron chi connectivity index (χ3n) is 3.97. The molecule has 0 radical (unpaired) electrons. The summed E-state index contributed by atoms with van der Waals surface area (Å²) >= 11 is 1.87. The maximum atomic E-state index is 11.3. The summed E-state index contributed by atoms with van der Waals surface area (Å²) < 4.78 is 0. The average Bonchev–Trinajstić information content (AvgIpc) is 2.69. The summed E-state index contributed by atoms with van der Waals surface area (Å²) in [5.74, 6) is 0.204. The number of nitrogens with zero attached hydrogens (tertiary/aromatic N) is 1. The first-order chi connectivity index (χ1) is 8.97. The molecule has 0 saturated carbocycles. The molecule has 1 aliphatic heterocycles. The number of aryl methyl sites for hydroxylation is 2. The SMILES string of the molecule is CC(=O)N1CCC(NC(C)c2cc(C)sc2C)CC1. The Bertz CT molecular complexity index is 447. The Hall–Kier alpha value is -0.870. The van der Waals surface area contributed by atoms with Crippen molar-refractivity contribution in [2.45, 2.75) is 52.6 Å². The highest BCUT2D eigenvalue weighted by molar-refractivity contribution is 7.12. The molecule has 1 fully saturated rings. The van der Waals surface area contributed by atoms with E-state index >= 15 is 0 Å². The maximum Gasteiger partial charge on any atom is 0.219 e. The lowest BCUT2D eigenvalue weighted by Crippen LogP contribution is -2.44. The average molecular weight is 280 g/mol. The number of piperidine rings is 1. The summed E-state index contributed by atoms with van der Waals surface area (Å²) in [7, 11) is 0. The Morgan fingerprint density at radius 1 is 1.42 bits per heavy atom. The second kappa shape index (κ2) is 6.06. The van der Waals surface area contributed by atoms with Gasteiger partial charge in [-0.3, -0.25) is 4.79 Å². The molecule has 0 bridgehead atoms. The summed E-state index contributed by atoms with van der Waals surface area (Å²) in [6.07, 6.45) is 2.12. The quantitative estimate of drug-likeness (QED) is 0.923. The molecule has 2 rings (SSSR count). The van der Waals surface area contributed by atoms with Crippen LogP contribution in [-0.2, 0) is 4.79 Å². The zero-order valence-corrected chi connectivity index (χ0v) is 13.1. The van der Waals surface area contributed by atoms with E-state index in [2.05, 4.69) is 32.2 Å². The first-order valence-corrected chi connectivity index (χ1v) is 7.87. The Morgan fingerprint density at radius 2 is 2.05 bits per heavy atom. The standard InChI is InChI=1S/C15H24N2OS/c1-10-9-15(12(3)19-10)11(2)16-14-5-7-17(8-6-14)13(4)18/h9,11,14,16H,5-8H2,1-4H3. The number of likely N-dealkylation sites (tertiary alicyclic amines) is 1. The van der Waals surface area contributed by atoms with Crippen molar-refractivity contribution in [1.29, 1.82) is 0 Å². The van der Waals surface area contributed by atoms with Crippen LogP contribution in [0.3, 0.4) is 0 Å². The van der Waals surface area contributed by atoms with Crippen molar-refractivity contribution in [3.8, 4) is 0 Å². The van der Waals surface area contributed by atoms with Gasteiger partial charge in [-0.2, -0.15) is 0 Å². The number of hydrogen-bond acceptors (Lipinski definition) is 3. The summed E-state index contributed by atoms with van der Waals surface area (Å²) in [6.45, 7) is 10.0. The van der Waals surface area contributed by atoms with Crippen LogP contribution in [0.4, 0.5) is 0 Å². The molecule has 1 aromatic heterocycles. The van der Waals surface area contributed by atoms with E-state index in [0.29, 0.717) is 12.1 Å². The highest BCUT2D eigenvalue weighted by Crippen LogP contribution is 2.27. The van der Waals surface area contributed by atoms with Gasteiger partial charge in [-0.1, -0.05) is 0 Å². The van der Waals surface area contributed by atoms with E-state index in [0.717, 1.165) is 25.9 Å². The molecule has 1 unspecified atom stereocenters. The van der Waals surface area contributed by atoms with Gasteiger partial charge in [0, 0.05) is 41.9 Å². The zero-order chi connectivity index (χ0) is 14.0. The number of hydrogen-bond donors (Lipinski definition) is 1. The van der Waals surface area contributed by atoms with E-state index in [1.807, 2.05) is 16.2 Å². The topological polar surface area (TPSA) is 32.3 Å². The number of carbonyl (C=O) groups excluding carboxylic acids is 1. The van der Waals surface area contributed by atoms with Crippen molar-refractivity contribution in [3.63, 3.8) is 0 Å². The van der Waals surface area contributed by atoms with Crippen LogP contribution in [-0.4, -0.2) is 29.9 Å². The molecule has 0 aromatic carbocycles. The molecule has 1 aliphatic rings. The predicted octanol–water partition coefficient (Wildman–Crippen LogP) is 3.03. The van der Waals surface area contributed by atoms with Crippen LogP contribution in [0.1, 0.15) is 48.0 Å². The smallest absolute Gasteiger partial charge is 0.219 e. The monoisotopic (exact) mass is 280 g/mol. The minimum absolute atomic E-state index is 0.204. The summed E-state index contributed by atoms with van der Waals surface area (Å²) in [6, 6.07) is 3.23. The number of amides is 1. The van der Waals surface area contributed by atoms with Gasteiger partial charge in [0.2, 0.25) is 5.91 Å². The number of nitrogens with one attached hydrogen (secondary N) is 1. The minimum Gasteiger partial charge on any atom is -0.343 e. The fraction of sp³-hybridized carbons (Fsp3) is 0.667. The minimum atomic E-state index is 0.204. The van der Waals surface area contributed by atoms with Crippen molar-refractivity contribution in [1.82, 2.24) is 10.2 Å². The van der Waals surface area contributed by atoms with Crippen molar-refractivity contribution < 1.29 is 4.79 Å². The predicted molar refractivity (Wildman–Crippen MR) is 80.6 cm³/mol. The zero-order valence-electron chi connectivity index (χ0n) is 12.3. The molecule has 3 nitrogen and oxygen atoms in total. The molecule has 0 spiro atoms. The van der Waals surface area contributed by atoms with Gasteiger partial charge in [0.1, 0.15) is 0 Å². The third-order valence-corrected chi connectivity index (χ3v) is 4.95. The van der Waals surface area contributed by atoms with Gasteiger partial charge in [-0.15, -0.1) is 11.3 Å². The highest BCUT2D eigenvalue weighted by Gasteiger charge is 2.22. The fourth-order valence-corrected chi connectivity index (χ4v) is 3.91. The summed E-state index contributed by atoms with van der Waals surface area (Å²) in [5, 5.41) is 3.72. The van der Waals surface area contributed by atoms with E-state index in [9.17, 15) is 4.79 Å². The number of carbonyl (C=O) groups is 1. The van der Waals surface area contributed by atoms with Crippen LogP contribution in [0.5, 0.6) is 0 Å². The lowest BCUT2D eigenvalue weighted by Gasteiger charge is -2.33. The van der Waals surface area contributed by atoms with Crippen LogP contribution in [0.2, 0.25) is 0 Å². The molecule has 1 aromatic rings. The van der Waals surface area contributed by atoms with Crippen LogP contribution in [0.25, 0.3) is 0 Å². The molecule has 1 amide bonds. The van der Waals surface area contributed by atoms with E-state index in [1.54, 1.807) is 6.92 Å². The summed E-state index contributed by atoms with van der Waals surface area (Å²) in [4.78, 5) is 16.0. The Morgan fingerprint density at radius 3 is 2.53 bits per heavy atom. The number of rotatable bonds is 3. The molecular weight excluding hydrogens is 256 g/mol. The second-order valence-electron chi connectivity index (χ2n) is 5.54. The Labute approximate surface area is 120 Å². The molecule has 4 heteroatoms. The molecule has 0 aliphatic carbocycles. The normalized spacial score (nSPS) is 18.6. The van der Waals surface area contributed by atoms with E-state index in [4.69, 9.17) is 0 Å². The number of thiophene rings is 1. The van der Waals surface area contributed by atoms with Crippen molar-refractivity contribution in [2.75, 3.05) is 13.1 Å². The van der Waals surface area contributed by atoms with Crippen LogP contribution in [0.15, 0.2) is 6.07 Å². The van der Waals surface area contributed by atoms with Gasteiger partial charge in [-0.25, -0.2) is 0 Å². The van der Waals surface area contributed by atoms with E-state index < -0.39 is 0 Å². The molecule has 1 N–H and O–H groups in total. The first-order valence-electron chi connectivity index (χ1n) is 7.06. The Kier molecular flexibility index (Phi) is 4.63. The van der Waals surface area contributed by atoms with Crippen molar-refractivity contribution >= 4 is 17.2 Å². The third kappa shape index (κ3) is 3.57. The molecule has 1 atom stereocenters. The van der Waals surface area contributed by atoms with Gasteiger partial charge in [0.15, 0.2) is 0 Å². The lowest BCUT2D eigenvalue weighted by molar-refractivity contribution is -0.129. The fourth-order valence-electron chi connectivity index (χ4n) is 2.88. The molecular formula is C15H24N2OS. The van der Waals surface area contributed by atoms with Crippen LogP contribution >= 0.6 is 11.3 Å².